The number of amides is 2. The molecule has 5 heteroatoms. The molecule has 140 valence electrons. The summed E-state index contributed by atoms with van der Waals surface area (Å²) in [5, 5.41) is 14.5. The SMILES string of the molecule is C[C@]12CC[C@@H](O)C[C@@H]1CC[C@@H]1[C@H]3CC/C(=N/NC(N)=O)[C@@]3(C)CC[C@@H]12. The van der Waals surface area contributed by atoms with Crippen molar-refractivity contribution in [3.05, 3.63) is 0 Å². The van der Waals surface area contributed by atoms with E-state index in [2.05, 4.69) is 24.4 Å². The molecule has 0 aromatic heterocycles. The van der Waals surface area contributed by atoms with Crippen molar-refractivity contribution >= 4 is 11.7 Å². The van der Waals surface area contributed by atoms with E-state index in [-0.39, 0.29) is 11.5 Å². The van der Waals surface area contributed by atoms with Crippen molar-refractivity contribution < 1.29 is 9.90 Å². The summed E-state index contributed by atoms with van der Waals surface area (Å²) in [6.45, 7) is 4.88. The number of urea groups is 1. The van der Waals surface area contributed by atoms with Crippen molar-refractivity contribution in [1.82, 2.24) is 5.43 Å². The summed E-state index contributed by atoms with van der Waals surface area (Å²) >= 11 is 0. The number of aliphatic hydroxyl groups is 1. The molecule has 4 aliphatic carbocycles. The molecule has 4 rings (SSSR count). The number of rotatable bonds is 1. The van der Waals surface area contributed by atoms with Gasteiger partial charge in [-0.3, -0.25) is 0 Å². The van der Waals surface area contributed by atoms with Crippen molar-refractivity contribution in [3.8, 4) is 0 Å². The van der Waals surface area contributed by atoms with Crippen LogP contribution in [0.25, 0.3) is 0 Å². The van der Waals surface area contributed by atoms with Gasteiger partial charge in [0.25, 0.3) is 0 Å². The van der Waals surface area contributed by atoms with Crippen LogP contribution >= 0.6 is 0 Å². The summed E-state index contributed by atoms with van der Waals surface area (Å²) in [7, 11) is 0. The predicted octanol–water partition coefficient (Wildman–Crippen LogP) is 3.41. The summed E-state index contributed by atoms with van der Waals surface area (Å²) in [6.07, 6.45) is 10.3. The number of primary amides is 1. The van der Waals surface area contributed by atoms with Gasteiger partial charge >= 0.3 is 6.03 Å². The Morgan fingerprint density at radius 1 is 1.16 bits per heavy atom. The Labute approximate surface area is 150 Å². The predicted molar refractivity (Wildman–Crippen MR) is 97.9 cm³/mol. The van der Waals surface area contributed by atoms with Crippen LogP contribution in [0.4, 0.5) is 4.79 Å². The van der Waals surface area contributed by atoms with Gasteiger partial charge in [-0.15, -0.1) is 0 Å². The number of nitrogens with one attached hydrogen (secondary N) is 1. The van der Waals surface area contributed by atoms with Crippen LogP contribution in [0, 0.1) is 34.5 Å². The van der Waals surface area contributed by atoms with Crippen molar-refractivity contribution in [2.75, 3.05) is 0 Å². The van der Waals surface area contributed by atoms with Crippen LogP contribution in [0.2, 0.25) is 0 Å². The number of fused-ring (bicyclic) bond motifs is 5. The molecule has 2 amide bonds. The molecule has 0 heterocycles. The fraction of sp³-hybridized carbons (Fsp3) is 0.900. The summed E-state index contributed by atoms with van der Waals surface area (Å²) in [6, 6.07) is -0.568. The Morgan fingerprint density at radius 3 is 2.72 bits per heavy atom. The topological polar surface area (TPSA) is 87.7 Å². The fourth-order valence-electron chi connectivity index (χ4n) is 7.33. The molecule has 4 fully saturated rings. The summed E-state index contributed by atoms with van der Waals surface area (Å²) in [5.41, 5.74) is 9.38. The molecule has 4 aliphatic rings. The van der Waals surface area contributed by atoms with Gasteiger partial charge in [0, 0.05) is 11.1 Å². The van der Waals surface area contributed by atoms with E-state index in [1.54, 1.807) is 0 Å². The van der Waals surface area contributed by atoms with E-state index in [0.29, 0.717) is 17.3 Å². The van der Waals surface area contributed by atoms with Gasteiger partial charge in [0.05, 0.1) is 6.10 Å². The second-order valence-corrected chi connectivity index (χ2v) is 9.61. The highest BCUT2D eigenvalue weighted by Crippen LogP contribution is 2.65. The zero-order chi connectivity index (χ0) is 17.8. The third-order valence-electron chi connectivity index (χ3n) is 8.68. The van der Waals surface area contributed by atoms with Gasteiger partial charge in [-0.05, 0) is 86.9 Å². The normalized spacial score (nSPS) is 50.7. The van der Waals surface area contributed by atoms with E-state index >= 15 is 0 Å². The molecule has 4 saturated carbocycles. The van der Waals surface area contributed by atoms with Gasteiger partial charge in [-0.25, -0.2) is 10.2 Å². The lowest BCUT2D eigenvalue weighted by Gasteiger charge is -2.60. The van der Waals surface area contributed by atoms with Gasteiger partial charge in [-0.2, -0.15) is 5.10 Å². The fourth-order valence-corrected chi connectivity index (χ4v) is 7.33. The number of carbonyl (C=O) groups excluding carboxylic acids is 1. The first-order valence-electron chi connectivity index (χ1n) is 10.1. The lowest BCUT2D eigenvalue weighted by atomic mass is 9.45. The molecule has 0 aromatic rings. The number of nitrogens with zero attached hydrogens (tertiary/aromatic N) is 1. The summed E-state index contributed by atoms with van der Waals surface area (Å²) < 4.78 is 0. The zero-order valence-electron chi connectivity index (χ0n) is 15.6. The van der Waals surface area contributed by atoms with E-state index in [4.69, 9.17) is 5.73 Å². The van der Waals surface area contributed by atoms with Gasteiger partial charge in [0.2, 0.25) is 0 Å². The summed E-state index contributed by atoms with van der Waals surface area (Å²) in [5.74, 6) is 2.95. The van der Waals surface area contributed by atoms with Crippen LogP contribution < -0.4 is 11.2 Å². The minimum absolute atomic E-state index is 0.0754. The maximum absolute atomic E-state index is 11.1. The lowest BCUT2D eigenvalue weighted by Crippen LogP contribution is -2.54. The van der Waals surface area contributed by atoms with E-state index in [0.717, 1.165) is 36.8 Å². The molecule has 0 aliphatic heterocycles. The molecule has 4 N–H and O–H groups in total. The van der Waals surface area contributed by atoms with E-state index in [1.165, 1.54) is 38.5 Å². The monoisotopic (exact) mass is 347 g/mol. The van der Waals surface area contributed by atoms with Gasteiger partial charge in [0.1, 0.15) is 0 Å². The molecule has 0 spiro atoms. The number of hydrogen-bond acceptors (Lipinski definition) is 3. The highest BCUT2D eigenvalue weighted by molar-refractivity contribution is 5.93. The largest absolute Gasteiger partial charge is 0.393 e. The molecule has 0 saturated heterocycles. The number of hydrogen-bond donors (Lipinski definition) is 3. The first-order chi connectivity index (χ1) is 11.8. The first kappa shape index (κ1) is 17.3. The number of nitrogens with two attached hydrogens (primary N) is 1. The van der Waals surface area contributed by atoms with E-state index in [9.17, 15) is 9.90 Å². The average Bonchev–Trinajstić information content (AvgIpc) is 2.90. The maximum atomic E-state index is 11.1. The highest BCUT2D eigenvalue weighted by atomic mass is 16.3. The Bertz CT molecular complexity index is 591. The van der Waals surface area contributed by atoms with Crippen LogP contribution in [0.3, 0.4) is 0 Å². The number of carbonyl (C=O) groups is 1. The molecule has 7 atom stereocenters. The van der Waals surface area contributed by atoms with Crippen LogP contribution in [-0.4, -0.2) is 23.0 Å². The standard InChI is InChI=1S/C20H33N3O2/c1-19-9-7-13(24)11-12(19)3-4-14-15-5-6-17(22-23-18(21)25)20(15,2)10-8-16(14)19/h12-16,24H,3-11H2,1-2H3,(H3,21,23,25)/b22-17-/t12-,13+,14+,15+,16-,19-,20-/m0/s1. The molecular formula is C20H33N3O2. The van der Waals surface area contributed by atoms with E-state index < -0.39 is 6.03 Å². The third kappa shape index (κ3) is 2.61. The van der Waals surface area contributed by atoms with Crippen molar-refractivity contribution in [1.29, 1.82) is 0 Å². The Kier molecular flexibility index (Phi) is 4.13. The van der Waals surface area contributed by atoms with Crippen LogP contribution in [0.1, 0.15) is 71.6 Å². The Morgan fingerprint density at radius 2 is 1.96 bits per heavy atom. The molecular weight excluding hydrogens is 314 g/mol. The van der Waals surface area contributed by atoms with Gasteiger partial charge in [0.15, 0.2) is 0 Å². The average molecular weight is 348 g/mol. The number of aliphatic hydroxyl groups excluding tert-OH is 1. The maximum Gasteiger partial charge on any atom is 0.332 e. The molecule has 0 unspecified atom stereocenters. The second-order valence-electron chi connectivity index (χ2n) is 9.61. The van der Waals surface area contributed by atoms with Crippen molar-refractivity contribution in [2.45, 2.75) is 77.7 Å². The van der Waals surface area contributed by atoms with Crippen molar-refractivity contribution in [2.24, 2.45) is 45.3 Å². The molecule has 0 bridgehead atoms. The summed E-state index contributed by atoms with van der Waals surface area (Å²) in [4.78, 5) is 11.1. The molecule has 5 nitrogen and oxygen atoms in total. The van der Waals surface area contributed by atoms with Crippen LogP contribution in [0.15, 0.2) is 5.10 Å². The Balaban J connectivity index is 1.58. The molecule has 0 aromatic carbocycles. The van der Waals surface area contributed by atoms with Crippen molar-refractivity contribution in [3.63, 3.8) is 0 Å². The number of hydrazone groups is 1. The zero-order valence-corrected chi connectivity index (χ0v) is 15.6. The first-order valence-corrected chi connectivity index (χ1v) is 10.1. The van der Waals surface area contributed by atoms with E-state index in [1.807, 2.05) is 0 Å². The highest BCUT2D eigenvalue weighted by Gasteiger charge is 2.59. The van der Waals surface area contributed by atoms with Crippen LogP contribution in [-0.2, 0) is 0 Å². The van der Waals surface area contributed by atoms with Crippen LogP contribution in [0.5, 0.6) is 0 Å². The minimum Gasteiger partial charge on any atom is -0.393 e. The Hall–Kier alpha value is -1.10. The molecule has 0 radical (unpaired) electrons. The van der Waals surface area contributed by atoms with Gasteiger partial charge < -0.3 is 10.8 Å². The quantitative estimate of drug-likeness (QED) is 0.635. The minimum atomic E-state index is -0.568. The van der Waals surface area contributed by atoms with Gasteiger partial charge in [-0.1, -0.05) is 13.8 Å². The third-order valence-corrected chi connectivity index (χ3v) is 8.68. The molecule has 25 heavy (non-hydrogen) atoms. The smallest absolute Gasteiger partial charge is 0.332 e. The second kappa shape index (κ2) is 5.97. The lowest BCUT2D eigenvalue weighted by molar-refractivity contribution is -0.113.